The first-order chi connectivity index (χ1) is 16.3. The minimum Gasteiger partial charge on any atom is -0.274 e. The number of hydrazine groups is 1. The van der Waals surface area contributed by atoms with Gasteiger partial charge in [0.15, 0.2) is 0 Å². The Balaban J connectivity index is 1.60. The zero-order valence-electron chi connectivity index (χ0n) is 19.1. The number of carbonyl (C=O) groups excluding carboxylic acids is 3. The van der Waals surface area contributed by atoms with E-state index in [2.05, 4.69) is 5.43 Å². The quantitative estimate of drug-likeness (QED) is 0.604. The fourth-order valence-corrected chi connectivity index (χ4v) is 4.71. The van der Waals surface area contributed by atoms with Crippen molar-refractivity contribution in [3.63, 3.8) is 0 Å². The Labute approximate surface area is 197 Å². The molecule has 172 valence electrons. The van der Waals surface area contributed by atoms with E-state index in [1.54, 1.807) is 54.6 Å². The Kier molecular flexibility index (Phi) is 5.29. The highest BCUT2D eigenvalue weighted by molar-refractivity contribution is 6.25. The SMILES string of the molecule is Cc1ccc(C(=O)N2N[C@H](c3ccccc3F)[C@@H]3C(=O)N(c4ccc(C)c(C)c4)C(=O)[C@@H]32)cc1. The fraction of sp³-hybridized carbons (Fsp3) is 0.222. The normalized spacial score (nSPS) is 21.8. The molecule has 2 aliphatic rings. The van der Waals surface area contributed by atoms with Crippen LogP contribution in [0.2, 0.25) is 0 Å². The highest BCUT2D eigenvalue weighted by Crippen LogP contribution is 2.43. The summed E-state index contributed by atoms with van der Waals surface area (Å²) in [6.45, 7) is 5.76. The minimum absolute atomic E-state index is 0.236. The lowest BCUT2D eigenvalue weighted by atomic mass is 9.90. The van der Waals surface area contributed by atoms with Crippen LogP contribution in [0.5, 0.6) is 0 Å². The molecule has 0 aromatic heterocycles. The van der Waals surface area contributed by atoms with Crippen molar-refractivity contribution in [2.24, 2.45) is 5.92 Å². The number of nitrogens with one attached hydrogen (secondary N) is 1. The molecule has 7 heteroatoms. The van der Waals surface area contributed by atoms with Gasteiger partial charge in [0.2, 0.25) is 5.91 Å². The van der Waals surface area contributed by atoms with E-state index < -0.39 is 41.5 Å². The number of rotatable bonds is 3. The van der Waals surface area contributed by atoms with Crippen LogP contribution in [0.4, 0.5) is 10.1 Å². The number of hydrogen-bond acceptors (Lipinski definition) is 4. The van der Waals surface area contributed by atoms with Crippen LogP contribution in [0.25, 0.3) is 0 Å². The van der Waals surface area contributed by atoms with Gasteiger partial charge in [-0.1, -0.05) is 42.0 Å². The zero-order chi connectivity index (χ0) is 24.1. The third kappa shape index (κ3) is 3.40. The Morgan fingerprint density at radius 1 is 0.882 bits per heavy atom. The molecule has 0 spiro atoms. The molecular weight excluding hydrogens is 433 g/mol. The van der Waals surface area contributed by atoms with Gasteiger partial charge in [-0.15, -0.1) is 0 Å². The van der Waals surface area contributed by atoms with Gasteiger partial charge in [0.1, 0.15) is 11.9 Å². The second-order valence-electron chi connectivity index (χ2n) is 8.92. The third-order valence-electron chi connectivity index (χ3n) is 6.74. The predicted molar refractivity (Wildman–Crippen MR) is 125 cm³/mol. The average molecular weight is 458 g/mol. The van der Waals surface area contributed by atoms with Crippen LogP contribution in [0, 0.1) is 32.5 Å². The molecule has 0 unspecified atom stereocenters. The number of halogens is 1. The van der Waals surface area contributed by atoms with Crippen molar-refractivity contribution in [1.29, 1.82) is 0 Å². The Hall–Kier alpha value is -3.84. The van der Waals surface area contributed by atoms with Crippen molar-refractivity contribution in [2.75, 3.05) is 4.90 Å². The van der Waals surface area contributed by atoms with Crippen molar-refractivity contribution in [1.82, 2.24) is 10.4 Å². The maximum atomic E-state index is 14.8. The van der Waals surface area contributed by atoms with Crippen molar-refractivity contribution >= 4 is 23.4 Å². The number of benzene rings is 3. The molecule has 2 heterocycles. The smallest absolute Gasteiger partial charge is 0.268 e. The van der Waals surface area contributed by atoms with Crippen molar-refractivity contribution in [3.05, 3.63) is 100 Å². The molecule has 6 nitrogen and oxygen atoms in total. The molecule has 2 fully saturated rings. The molecular formula is C27H24FN3O3. The maximum Gasteiger partial charge on any atom is 0.268 e. The zero-order valence-corrected chi connectivity index (χ0v) is 19.1. The summed E-state index contributed by atoms with van der Waals surface area (Å²) >= 11 is 0. The summed E-state index contributed by atoms with van der Waals surface area (Å²) in [6, 6.07) is 16.4. The van der Waals surface area contributed by atoms with E-state index in [1.807, 2.05) is 26.8 Å². The lowest BCUT2D eigenvalue weighted by molar-refractivity contribution is -0.123. The van der Waals surface area contributed by atoms with Crippen LogP contribution in [0.1, 0.15) is 38.7 Å². The van der Waals surface area contributed by atoms with Crippen LogP contribution >= 0.6 is 0 Å². The topological polar surface area (TPSA) is 69.7 Å². The van der Waals surface area contributed by atoms with Crippen molar-refractivity contribution in [2.45, 2.75) is 32.9 Å². The highest BCUT2D eigenvalue weighted by atomic mass is 19.1. The number of fused-ring (bicyclic) bond motifs is 1. The number of aryl methyl sites for hydroxylation is 3. The van der Waals surface area contributed by atoms with Crippen molar-refractivity contribution < 1.29 is 18.8 Å². The first-order valence-corrected chi connectivity index (χ1v) is 11.1. The molecule has 0 aliphatic carbocycles. The summed E-state index contributed by atoms with van der Waals surface area (Å²) in [4.78, 5) is 41.9. The molecule has 0 bridgehead atoms. The van der Waals surface area contributed by atoms with Gasteiger partial charge in [-0.25, -0.2) is 14.7 Å². The molecule has 2 aliphatic heterocycles. The lowest BCUT2D eigenvalue weighted by Gasteiger charge is -2.25. The molecule has 0 saturated carbocycles. The van der Waals surface area contributed by atoms with Crippen LogP contribution in [0.3, 0.4) is 0 Å². The molecule has 3 atom stereocenters. The molecule has 2 saturated heterocycles. The number of carbonyl (C=O) groups is 3. The van der Waals surface area contributed by atoms with Crippen LogP contribution in [-0.4, -0.2) is 28.8 Å². The molecule has 3 aromatic rings. The summed E-state index contributed by atoms with van der Waals surface area (Å²) in [7, 11) is 0. The van der Waals surface area contributed by atoms with Gasteiger partial charge in [0.25, 0.3) is 11.8 Å². The van der Waals surface area contributed by atoms with Crippen molar-refractivity contribution in [3.8, 4) is 0 Å². The monoisotopic (exact) mass is 457 g/mol. The van der Waals surface area contributed by atoms with E-state index in [-0.39, 0.29) is 5.56 Å². The number of hydrogen-bond donors (Lipinski definition) is 1. The number of anilines is 1. The number of amides is 3. The molecule has 3 aromatic carbocycles. The average Bonchev–Trinajstić information content (AvgIpc) is 3.33. The minimum atomic E-state index is -1.09. The lowest BCUT2D eigenvalue weighted by Crippen LogP contribution is -2.48. The Bertz CT molecular complexity index is 1320. The van der Waals surface area contributed by atoms with Crippen LogP contribution in [-0.2, 0) is 9.59 Å². The van der Waals surface area contributed by atoms with E-state index in [0.29, 0.717) is 11.3 Å². The van der Waals surface area contributed by atoms with Crippen LogP contribution in [0.15, 0.2) is 66.7 Å². The van der Waals surface area contributed by atoms with Gasteiger partial charge in [0.05, 0.1) is 17.6 Å². The summed E-state index contributed by atoms with van der Waals surface area (Å²) in [5.74, 6) is -2.88. The van der Waals surface area contributed by atoms with Gasteiger partial charge in [-0.2, -0.15) is 0 Å². The second kappa shape index (κ2) is 8.18. The highest BCUT2D eigenvalue weighted by Gasteiger charge is 2.60. The molecule has 1 N–H and O–H groups in total. The van der Waals surface area contributed by atoms with Gasteiger partial charge in [-0.3, -0.25) is 19.4 Å². The summed E-state index contributed by atoms with van der Waals surface area (Å²) in [6.07, 6.45) is 0. The Morgan fingerprint density at radius 2 is 1.59 bits per heavy atom. The van der Waals surface area contributed by atoms with E-state index in [1.165, 1.54) is 11.1 Å². The molecule has 3 amide bonds. The third-order valence-corrected chi connectivity index (χ3v) is 6.74. The van der Waals surface area contributed by atoms with Gasteiger partial charge in [0, 0.05) is 11.1 Å². The second-order valence-corrected chi connectivity index (χ2v) is 8.92. The van der Waals surface area contributed by atoms with E-state index in [4.69, 9.17) is 0 Å². The van der Waals surface area contributed by atoms with E-state index in [9.17, 15) is 18.8 Å². The standard InChI is InChI=1S/C27H24FN3O3/c1-15-8-11-18(12-9-15)25(32)31-24-22(23(29-31)20-6-4-5-7-21(20)28)26(33)30(27(24)34)19-13-10-16(2)17(3)14-19/h4-14,22-24,29H,1-3H3/t22-,23+,24+/m0/s1. The number of imide groups is 1. The summed E-state index contributed by atoms with van der Waals surface area (Å²) in [5, 5.41) is 1.20. The Morgan fingerprint density at radius 3 is 2.26 bits per heavy atom. The fourth-order valence-electron chi connectivity index (χ4n) is 4.71. The largest absolute Gasteiger partial charge is 0.274 e. The maximum absolute atomic E-state index is 14.8. The van der Waals surface area contributed by atoms with Gasteiger partial charge < -0.3 is 0 Å². The summed E-state index contributed by atoms with van der Waals surface area (Å²) < 4.78 is 14.8. The number of nitrogens with zero attached hydrogens (tertiary/aromatic N) is 2. The van der Waals surface area contributed by atoms with E-state index in [0.717, 1.165) is 21.6 Å². The first kappa shape index (κ1) is 22.0. The van der Waals surface area contributed by atoms with Crippen LogP contribution < -0.4 is 10.3 Å². The summed E-state index contributed by atoms with van der Waals surface area (Å²) in [5.41, 5.74) is 7.00. The van der Waals surface area contributed by atoms with Gasteiger partial charge >= 0.3 is 0 Å². The first-order valence-electron chi connectivity index (χ1n) is 11.1. The van der Waals surface area contributed by atoms with Gasteiger partial charge in [-0.05, 0) is 62.2 Å². The van der Waals surface area contributed by atoms with E-state index >= 15 is 0 Å². The molecule has 5 rings (SSSR count). The molecule has 34 heavy (non-hydrogen) atoms. The predicted octanol–water partition coefficient (Wildman–Crippen LogP) is 4.01. The molecule has 0 radical (unpaired) electrons.